The second-order valence-corrected chi connectivity index (χ2v) is 21.1. The minimum atomic E-state index is -4.62. The van der Waals surface area contributed by atoms with E-state index in [2.05, 4.69) is 74.6 Å². The molecule has 0 aromatic carbocycles. The molecule has 0 saturated carbocycles. The Morgan fingerprint density at radius 2 is 0.847 bits per heavy atom. The monoisotopic (exact) mass is 1030 g/mol. The first-order chi connectivity index (χ1) is 35.0. The maximum atomic E-state index is 12.9. The molecule has 4 N–H and O–H groups in total. The summed E-state index contributed by atoms with van der Waals surface area (Å²) in [6.45, 7) is 3.72. The number of esters is 2. The number of carbonyl (C=O) groups excluding carboxylic acids is 2. The van der Waals surface area contributed by atoms with Gasteiger partial charge in [-0.1, -0.05) is 209 Å². The molecule has 416 valence electrons. The van der Waals surface area contributed by atoms with E-state index in [4.69, 9.17) is 18.9 Å². The van der Waals surface area contributed by atoms with Gasteiger partial charge in [0, 0.05) is 12.8 Å². The lowest BCUT2D eigenvalue weighted by Crippen LogP contribution is -2.60. The second kappa shape index (κ2) is 47.8. The molecule has 0 aromatic heterocycles. The Bertz CT molecular complexity index is 1590. The number of hydrogen-bond donors (Lipinski definition) is 4. The molecule has 0 bridgehead atoms. The largest absolute Gasteiger partial charge is 0.462 e. The van der Waals surface area contributed by atoms with Crippen LogP contribution in [0.15, 0.2) is 72.9 Å². The van der Waals surface area contributed by atoms with Gasteiger partial charge in [0.25, 0.3) is 10.1 Å². The maximum Gasteiger partial charge on any atom is 0.306 e. The molecule has 0 amide bonds. The summed E-state index contributed by atoms with van der Waals surface area (Å²) >= 11 is 0. The molecule has 1 rings (SSSR count). The Morgan fingerprint density at radius 3 is 1.29 bits per heavy atom. The molecule has 12 nitrogen and oxygen atoms in total. The van der Waals surface area contributed by atoms with Gasteiger partial charge in [-0.15, -0.1) is 0 Å². The number of allylic oxidation sites excluding steroid dienone is 12. The van der Waals surface area contributed by atoms with Crippen molar-refractivity contribution in [3.8, 4) is 0 Å². The number of ether oxygens (including phenoxy) is 4. The smallest absolute Gasteiger partial charge is 0.306 e. The zero-order valence-electron chi connectivity index (χ0n) is 45.0. The molecule has 0 aliphatic carbocycles. The number of aliphatic hydroxyl groups excluding tert-OH is 3. The van der Waals surface area contributed by atoms with E-state index in [-0.39, 0.29) is 19.4 Å². The number of aliphatic hydroxyl groups is 3. The average Bonchev–Trinajstić information content (AvgIpc) is 3.35. The third-order valence-electron chi connectivity index (χ3n) is 12.7. The lowest BCUT2D eigenvalue weighted by Gasteiger charge is -2.40. The lowest BCUT2D eigenvalue weighted by molar-refractivity contribution is -0.297. The van der Waals surface area contributed by atoms with Crippen LogP contribution < -0.4 is 0 Å². The van der Waals surface area contributed by atoms with E-state index < -0.39 is 71.2 Å². The zero-order chi connectivity index (χ0) is 52.6. The van der Waals surface area contributed by atoms with Gasteiger partial charge in [0.2, 0.25) is 0 Å². The summed E-state index contributed by atoms with van der Waals surface area (Å²) in [6.07, 6.45) is 54.0. The molecule has 1 aliphatic rings. The first-order valence-corrected chi connectivity index (χ1v) is 30.1. The van der Waals surface area contributed by atoms with E-state index in [0.29, 0.717) is 25.7 Å². The normalized spacial score (nSPS) is 19.3. The van der Waals surface area contributed by atoms with Crippen molar-refractivity contribution in [2.24, 2.45) is 0 Å². The van der Waals surface area contributed by atoms with Crippen LogP contribution in [0.25, 0.3) is 0 Å². The van der Waals surface area contributed by atoms with E-state index in [1.165, 1.54) is 135 Å². The Hall–Kier alpha value is -2.91. The molecule has 2 unspecified atom stereocenters. The van der Waals surface area contributed by atoms with Gasteiger partial charge in [0.05, 0.1) is 6.61 Å². The first-order valence-electron chi connectivity index (χ1n) is 28.5. The highest BCUT2D eigenvalue weighted by molar-refractivity contribution is 7.85. The van der Waals surface area contributed by atoms with Crippen LogP contribution in [0.1, 0.15) is 232 Å². The molecule has 13 heteroatoms. The van der Waals surface area contributed by atoms with Gasteiger partial charge >= 0.3 is 11.9 Å². The molecule has 1 fully saturated rings. The third-order valence-corrected chi connectivity index (χ3v) is 13.5. The van der Waals surface area contributed by atoms with Crippen molar-refractivity contribution in [2.75, 3.05) is 19.0 Å². The van der Waals surface area contributed by atoms with Crippen molar-refractivity contribution >= 4 is 22.1 Å². The van der Waals surface area contributed by atoms with Crippen molar-refractivity contribution in [1.82, 2.24) is 0 Å². The van der Waals surface area contributed by atoms with Crippen LogP contribution in [0.3, 0.4) is 0 Å². The second-order valence-electron chi connectivity index (χ2n) is 19.6. The molecule has 0 aromatic rings. The van der Waals surface area contributed by atoms with Gasteiger partial charge < -0.3 is 34.3 Å². The van der Waals surface area contributed by atoms with Gasteiger partial charge in [-0.05, 0) is 83.5 Å². The summed E-state index contributed by atoms with van der Waals surface area (Å²) < 4.78 is 54.2. The third kappa shape index (κ3) is 41.4. The molecule has 6 atom stereocenters. The molecular weight excluding hydrogens is 933 g/mol. The quantitative estimate of drug-likeness (QED) is 0.0196. The van der Waals surface area contributed by atoms with Crippen LogP contribution in [-0.2, 0) is 38.7 Å². The summed E-state index contributed by atoms with van der Waals surface area (Å²) in [5.74, 6) is -2.11. The SMILES string of the molecule is CCCCCCCCC/C=C/C/C=C/C/C=C/C/C=C/CCCC(=O)O[C@H](COC(=O)CCC/C=C/CC/C=C/CCCCCCCCCCCCCCCC)CO[C@H]1O[C@H](CS(=O)(=O)O)[C@@H](O)C(O)C1O. The van der Waals surface area contributed by atoms with Crippen molar-refractivity contribution in [3.63, 3.8) is 0 Å². The predicted molar refractivity (Wildman–Crippen MR) is 293 cm³/mol. The van der Waals surface area contributed by atoms with Crippen LogP contribution in [-0.4, -0.2) is 96.0 Å². The average molecular weight is 1040 g/mol. The van der Waals surface area contributed by atoms with Gasteiger partial charge in [-0.25, -0.2) is 0 Å². The lowest BCUT2D eigenvalue weighted by atomic mass is 10.00. The molecular formula is C59H102O12S. The van der Waals surface area contributed by atoms with E-state index in [1.807, 2.05) is 12.2 Å². The number of unbranched alkanes of at least 4 members (excludes halogenated alkanes) is 24. The molecule has 0 spiro atoms. The zero-order valence-corrected chi connectivity index (χ0v) is 45.8. The number of rotatable bonds is 48. The fraction of sp³-hybridized carbons (Fsp3) is 0.763. The Balaban J connectivity index is 2.40. The Kier molecular flexibility index (Phi) is 44.5. The first kappa shape index (κ1) is 67.1. The van der Waals surface area contributed by atoms with Crippen molar-refractivity contribution in [2.45, 2.75) is 269 Å². The summed E-state index contributed by atoms with van der Waals surface area (Å²) in [4.78, 5) is 25.6. The van der Waals surface area contributed by atoms with Gasteiger partial charge in [0.1, 0.15) is 36.8 Å². The highest BCUT2D eigenvalue weighted by atomic mass is 32.2. The minimum absolute atomic E-state index is 0.0778. The van der Waals surface area contributed by atoms with Crippen molar-refractivity contribution in [1.29, 1.82) is 0 Å². The number of hydrogen-bond acceptors (Lipinski definition) is 11. The standard InChI is InChI=1S/C59H102O12S/c1-3-5-7-9-11-13-15-17-19-21-23-25-26-28-29-31-33-35-37-39-41-43-45-47-54(60)68-49-52(50-69-59-58(64)57(63)56(62)53(71-59)51-72(65,66)67)70-55(61)48-46-44-42-40-38-36-34-32-30-27-24-22-20-18-16-14-12-10-8-6-4-2/h20,22,27,30-31,33-34,36,39-42,52-53,56-59,62-64H,3-19,21,23-26,28-29,32,35,37-38,43-51H2,1-2H3,(H,65,66,67)/b22-20+,30-27+,33-31+,36-34+,41-39+,42-40+/t52-,53-,56-,57?,58?,59+/m1/s1. The summed E-state index contributed by atoms with van der Waals surface area (Å²) in [7, 11) is -4.62. The van der Waals surface area contributed by atoms with Crippen LogP contribution in [0.5, 0.6) is 0 Å². The fourth-order valence-corrected chi connectivity index (χ4v) is 9.03. The van der Waals surface area contributed by atoms with Crippen LogP contribution in [0, 0.1) is 0 Å². The molecule has 72 heavy (non-hydrogen) atoms. The van der Waals surface area contributed by atoms with Crippen molar-refractivity contribution < 1.29 is 56.8 Å². The maximum absolute atomic E-state index is 12.9. The van der Waals surface area contributed by atoms with E-state index in [1.54, 1.807) is 0 Å². The molecule has 1 aliphatic heterocycles. The summed E-state index contributed by atoms with van der Waals surface area (Å²) in [6, 6.07) is 0. The Morgan fingerprint density at radius 1 is 0.472 bits per heavy atom. The number of carbonyl (C=O) groups is 2. The summed E-state index contributed by atoms with van der Waals surface area (Å²) in [5, 5.41) is 31.0. The van der Waals surface area contributed by atoms with Crippen molar-refractivity contribution in [3.05, 3.63) is 72.9 Å². The highest BCUT2D eigenvalue weighted by Crippen LogP contribution is 2.24. The fourth-order valence-electron chi connectivity index (χ4n) is 8.34. The Labute approximate surface area is 438 Å². The topological polar surface area (TPSA) is 186 Å². The van der Waals surface area contributed by atoms with Gasteiger partial charge in [0.15, 0.2) is 12.4 Å². The van der Waals surface area contributed by atoms with Gasteiger partial charge in [-0.3, -0.25) is 14.1 Å². The van der Waals surface area contributed by atoms with Gasteiger partial charge in [-0.2, -0.15) is 8.42 Å². The van der Waals surface area contributed by atoms with E-state index >= 15 is 0 Å². The highest BCUT2D eigenvalue weighted by Gasteiger charge is 2.46. The molecule has 0 radical (unpaired) electrons. The van der Waals surface area contributed by atoms with Crippen LogP contribution >= 0.6 is 0 Å². The summed E-state index contributed by atoms with van der Waals surface area (Å²) in [5.41, 5.74) is 0. The predicted octanol–water partition coefficient (Wildman–Crippen LogP) is 13.8. The minimum Gasteiger partial charge on any atom is -0.462 e. The van der Waals surface area contributed by atoms with E-state index in [0.717, 1.165) is 44.9 Å². The molecule has 1 heterocycles. The van der Waals surface area contributed by atoms with E-state index in [9.17, 15) is 37.9 Å². The van der Waals surface area contributed by atoms with Crippen LogP contribution in [0.4, 0.5) is 0 Å². The molecule has 1 saturated heterocycles. The van der Waals surface area contributed by atoms with Crippen LogP contribution in [0.2, 0.25) is 0 Å².